The first kappa shape index (κ1) is 21.7. The number of carbonyl (C=O) groups excluding carboxylic acids is 1. The second kappa shape index (κ2) is 8.94. The number of ether oxygens (including phenoxy) is 1. The highest BCUT2D eigenvalue weighted by Gasteiger charge is 2.14. The topological polar surface area (TPSA) is 103 Å². The normalized spacial score (nSPS) is 11.7. The van der Waals surface area contributed by atoms with E-state index in [0.29, 0.717) is 11.0 Å². The van der Waals surface area contributed by atoms with Gasteiger partial charge in [-0.2, -0.15) is 0 Å². The number of benzene rings is 3. The Kier molecular flexibility index (Phi) is 6.07. The van der Waals surface area contributed by atoms with E-state index < -0.39 is 21.6 Å². The van der Waals surface area contributed by atoms with Crippen LogP contribution in [0.15, 0.2) is 80.8 Å². The van der Waals surface area contributed by atoms with Gasteiger partial charge in [0.25, 0.3) is 0 Å². The number of hydrogen-bond donors (Lipinski definition) is 1. The predicted molar refractivity (Wildman–Crippen MR) is 121 cm³/mol. The van der Waals surface area contributed by atoms with Crippen molar-refractivity contribution in [2.75, 3.05) is 6.54 Å². The SMILES string of the molecule is Cc1ccc(S(=O)(=O)NCCCC(=O)Oc2ccc3c(c2)oc(=O)c2ccccc23)cc1. The molecule has 0 unspecified atom stereocenters. The van der Waals surface area contributed by atoms with Gasteiger partial charge in [0.1, 0.15) is 11.3 Å². The van der Waals surface area contributed by atoms with Crippen LogP contribution in [0.25, 0.3) is 21.7 Å². The van der Waals surface area contributed by atoms with Crippen molar-refractivity contribution < 1.29 is 22.4 Å². The molecular weight excluding hydrogens is 430 g/mol. The fourth-order valence-corrected chi connectivity index (χ4v) is 4.42. The first-order valence-corrected chi connectivity index (χ1v) is 11.5. The number of hydrogen-bond acceptors (Lipinski definition) is 6. The third-order valence-corrected chi connectivity index (χ3v) is 6.48. The molecule has 0 saturated heterocycles. The van der Waals surface area contributed by atoms with Gasteiger partial charge in [0.05, 0.1) is 10.3 Å². The maximum atomic E-state index is 12.3. The molecule has 0 saturated carbocycles. The van der Waals surface area contributed by atoms with E-state index in [4.69, 9.17) is 9.15 Å². The highest BCUT2D eigenvalue weighted by atomic mass is 32.2. The van der Waals surface area contributed by atoms with Crippen LogP contribution in [-0.4, -0.2) is 20.9 Å². The number of fused-ring (bicyclic) bond motifs is 3. The summed E-state index contributed by atoms with van der Waals surface area (Å²) in [4.78, 5) is 24.5. The standard InChI is InChI=1S/C24H21NO6S/c1-16-8-11-18(12-9-16)32(28,29)25-14-4-7-23(26)30-17-10-13-20-19-5-2-3-6-21(19)24(27)31-22(20)15-17/h2-3,5-6,8-13,15,25H,4,7,14H2,1H3. The van der Waals surface area contributed by atoms with E-state index in [1.165, 1.54) is 18.2 Å². The highest BCUT2D eigenvalue weighted by Crippen LogP contribution is 2.26. The molecule has 0 amide bonds. The molecule has 4 rings (SSSR count). The lowest BCUT2D eigenvalue weighted by atomic mass is 10.1. The molecule has 4 aromatic rings. The minimum Gasteiger partial charge on any atom is -0.426 e. The molecule has 8 heteroatoms. The van der Waals surface area contributed by atoms with E-state index in [2.05, 4.69) is 4.72 Å². The van der Waals surface area contributed by atoms with E-state index >= 15 is 0 Å². The summed E-state index contributed by atoms with van der Waals surface area (Å²) in [6.07, 6.45) is 0.299. The first-order valence-electron chi connectivity index (χ1n) is 10.1. The second-order valence-corrected chi connectivity index (χ2v) is 9.15. The smallest absolute Gasteiger partial charge is 0.344 e. The fraction of sp³-hybridized carbons (Fsp3) is 0.167. The van der Waals surface area contributed by atoms with Crippen LogP contribution in [-0.2, 0) is 14.8 Å². The Morgan fingerprint density at radius 1 is 0.969 bits per heavy atom. The molecular formula is C24H21NO6S. The van der Waals surface area contributed by atoms with Gasteiger partial charge in [0, 0.05) is 24.4 Å². The first-order chi connectivity index (χ1) is 15.3. The Hall–Kier alpha value is -3.49. The van der Waals surface area contributed by atoms with Crippen molar-refractivity contribution >= 4 is 37.7 Å². The zero-order chi connectivity index (χ0) is 22.7. The molecule has 1 aromatic heterocycles. The molecule has 0 aliphatic heterocycles. The number of nitrogens with one attached hydrogen (secondary N) is 1. The summed E-state index contributed by atoms with van der Waals surface area (Å²) in [5.41, 5.74) is 0.829. The van der Waals surface area contributed by atoms with E-state index in [1.807, 2.05) is 19.1 Å². The van der Waals surface area contributed by atoms with Crippen LogP contribution in [0.1, 0.15) is 18.4 Å². The van der Waals surface area contributed by atoms with Gasteiger partial charge in [-0.05, 0) is 49.1 Å². The molecule has 32 heavy (non-hydrogen) atoms. The Bertz CT molecular complexity index is 1460. The van der Waals surface area contributed by atoms with Gasteiger partial charge in [-0.3, -0.25) is 4.79 Å². The Balaban J connectivity index is 1.36. The zero-order valence-electron chi connectivity index (χ0n) is 17.3. The molecule has 1 heterocycles. The summed E-state index contributed by atoms with van der Waals surface area (Å²) < 4.78 is 37.7. The molecule has 7 nitrogen and oxygen atoms in total. The molecule has 1 N–H and O–H groups in total. The van der Waals surface area contributed by atoms with Crippen LogP contribution in [0, 0.1) is 6.92 Å². The Morgan fingerprint density at radius 2 is 1.69 bits per heavy atom. The minimum atomic E-state index is -3.62. The van der Waals surface area contributed by atoms with Gasteiger partial charge in [-0.15, -0.1) is 0 Å². The van der Waals surface area contributed by atoms with Crippen molar-refractivity contribution in [3.05, 3.63) is 82.7 Å². The van der Waals surface area contributed by atoms with Gasteiger partial charge in [-0.25, -0.2) is 17.9 Å². The van der Waals surface area contributed by atoms with Crippen molar-refractivity contribution in [2.45, 2.75) is 24.7 Å². The van der Waals surface area contributed by atoms with Crippen molar-refractivity contribution in [1.82, 2.24) is 4.72 Å². The molecule has 0 aliphatic rings. The quantitative estimate of drug-likeness (QED) is 0.150. The summed E-state index contributed by atoms with van der Waals surface area (Å²) in [7, 11) is -3.62. The number of carbonyl (C=O) groups is 1. The third-order valence-electron chi connectivity index (χ3n) is 5.01. The van der Waals surface area contributed by atoms with Crippen molar-refractivity contribution in [2.24, 2.45) is 0 Å². The summed E-state index contributed by atoms with van der Waals surface area (Å²) in [5, 5.41) is 1.99. The van der Waals surface area contributed by atoms with Crippen LogP contribution >= 0.6 is 0 Å². The van der Waals surface area contributed by atoms with Crippen molar-refractivity contribution in [3.63, 3.8) is 0 Å². The monoisotopic (exact) mass is 451 g/mol. The molecule has 0 bridgehead atoms. The lowest BCUT2D eigenvalue weighted by Gasteiger charge is -2.08. The van der Waals surface area contributed by atoms with Crippen LogP contribution < -0.4 is 15.1 Å². The predicted octanol–water partition coefficient (Wildman–Crippen LogP) is 3.92. The molecule has 164 valence electrons. The Labute approximate surface area is 184 Å². The van der Waals surface area contributed by atoms with Crippen LogP contribution in [0.4, 0.5) is 0 Å². The lowest BCUT2D eigenvalue weighted by molar-refractivity contribution is -0.134. The van der Waals surface area contributed by atoms with Crippen LogP contribution in [0.5, 0.6) is 5.75 Å². The van der Waals surface area contributed by atoms with Gasteiger partial charge in [0.15, 0.2) is 0 Å². The molecule has 0 radical (unpaired) electrons. The minimum absolute atomic E-state index is 0.0239. The Morgan fingerprint density at radius 3 is 2.44 bits per heavy atom. The van der Waals surface area contributed by atoms with Crippen LogP contribution in [0.3, 0.4) is 0 Å². The maximum absolute atomic E-state index is 12.3. The van der Waals surface area contributed by atoms with Crippen molar-refractivity contribution in [3.8, 4) is 5.75 Å². The highest BCUT2D eigenvalue weighted by molar-refractivity contribution is 7.89. The average Bonchev–Trinajstić information content (AvgIpc) is 2.77. The molecule has 0 aliphatic carbocycles. The lowest BCUT2D eigenvalue weighted by Crippen LogP contribution is -2.25. The number of rotatable bonds is 7. The number of esters is 1. The van der Waals surface area contributed by atoms with Gasteiger partial charge in [0.2, 0.25) is 10.0 Å². The van der Waals surface area contributed by atoms with E-state index in [0.717, 1.165) is 16.3 Å². The van der Waals surface area contributed by atoms with Gasteiger partial charge in [-0.1, -0.05) is 35.9 Å². The van der Waals surface area contributed by atoms with E-state index in [-0.39, 0.29) is 30.0 Å². The van der Waals surface area contributed by atoms with E-state index in [1.54, 1.807) is 36.4 Å². The molecule has 0 atom stereocenters. The van der Waals surface area contributed by atoms with E-state index in [9.17, 15) is 18.0 Å². The third kappa shape index (κ3) is 4.71. The fourth-order valence-electron chi connectivity index (χ4n) is 3.35. The summed E-state index contributed by atoms with van der Waals surface area (Å²) in [6, 6.07) is 18.5. The van der Waals surface area contributed by atoms with Crippen LogP contribution in [0.2, 0.25) is 0 Å². The van der Waals surface area contributed by atoms with Gasteiger partial charge >= 0.3 is 11.6 Å². The van der Waals surface area contributed by atoms with Gasteiger partial charge < -0.3 is 9.15 Å². The summed E-state index contributed by atoms with van der Waals surface area (Å²) in [6.45, 7) is 1.98. The molecule has 0 spiro atoms. The second-order valence-electron chi connectivity index (χ2n) is 7.38. The number of sulfonamides is 1. The largest absolute Gasteiger partial charge is 0.426 e. The summed E-state index contributed by atoms with van der Waals surface area (Å²) >= 11 is 0. The van der Waals surface area contributed by atoms with Crippen molar-refractivity contribution in [1.29, 1.82) is 0 Å². The molecule has 0 fully saturated rings. The molecule has 3 aromatic carbocycles. The summed E-state index contributed by atoms with van der Waals surface area (Å²) in [5.74, 6) is -0.261. The maximum Gasteiger partial charge on any atom is 0.344 e. The zero-order valence-corrected chi connectivity index (χ0v) is 18.1. The number of aryl methyl sites for hydroxylation is 1. The average molecular weight is 452 g/mol.